The van der Waals surface area contributed by atoms with Gasteiger partial charge in [0, 0.05) is 49.0 Å². The summed E-state index contributed by atoms with van der Waals surface area (Å²) in [4.78, 5) is 11.1. The summed E-state index contributed by atoms with van der Waals surface area (Å²) in [5, 5.41) is 8.13. The van der Waals surface area contributed by atoms with E-state index in [1.807, 2.05) is 0 Å². The highest BCUT2D eigenvalue weighted by molar-refractivity contribution is 6.13. The number of para-hydroxylation sites is 3. The van der Waals surface area contributed by atoms with Crippen molar-refractivity contribution >= 4 is 65.3 Å². The highest BCUT2D eigenvalue weighted by Crippen LogP contribution is 2.50. The number of benzene rings is 9. The molecule has 1 aliphatic rings. The third-order valence-electron chi connectivity index (χ3n) is 13.3. The van der Waals surface area contributed by atoms with E-state index < -0.39 is 0 Å². The van der Waals surface area contributed by atoms with Gasteiger partial charge in [0.05, 0.1) is 33.3 Å². The number of rotatable bonds is 4. The van der Waals surface area contributed by atoms with Crippen LogP contribution in [0.2, 0.25) is 0 Å². The molecule has 1 aliphatic carbocycles. The predicted molar refractivity (Wildman–Crippen MR) is 254 cm³/mol. The van der Waals surface area contributed by atoms with Gasteiger partial charge in [-0.05, 0) is 87.3 Å². The summed E-state index contributed by atoms with van der Waals surface area (Å²) < 4.78 is 4.67. The normalized spacial score (nSPS) is 13.2. The Hall–Kier alpha value is -7.82. The van der Waals surface area contributed by atoms with Gasteiger partial charge in [-0.15, -0.1) is 0 Å². The van der Waals surface area contributed by atoms with Gasteiger partial charge in [0.1, 0.15) is 0 Å². The predicted octanol–water partition coefficient (Wildman–Crippen LogP) is 14.6. The van der Waals surface area contributed by atoms with Crippen LogP contribution in [0.4, 0.5) is 0 Å². The average Bonchev–Trinajstić information content (AvgIpc) is 3.91. The smallest absolute Gasteiger partial charge is 0.235 e. The number of aromatic nitrogens is 4. The molecule has 12 aromatic rings. The maximum Gasteiger partial charge on any atom is 0.235 e. The van der Waals surface area contributed by atoms with Gasteiger partial charge in [-0.1, -0.05) is 159 Å². The standard InChI is InChI=1S/C57H38N4/c1-57(2)48-21-11-8-18-41(48)47-32-38(27-31-49(47)57)54-46-30-24-35-14-6-7-17-40(35)55(46)59-56(58-54)61-51-23-13-10-20-43(51)45-29-26-37(34-53(45)61)36-25-28-44-42-19-9-12-22-50(42)60(52(44)33-36)39-15-4-3-5-16-39/h3-34H,1-2H3. The van der Waals surface area contributed by atoms with E-state index in [0.717, 1.165) is 60.8 Å². The van der Waals surface area contributed by atoms with Crippen LogP contribution in [-0.4, -0.2) is 19.1 Å². The Labute approximate surface area is 352 Å². The molecule has 4 nitrogen and oxygen atoms in total. The van der Waals surface area contributed by atoms with E-state index in [4.69, 9.17) is 9.97 Å². The molecule has 0 fully saturated rings. The first-order chi connectivity index (χ1) is 30.0. The molecule has 0 unspecified atom stereocenters. The molecule has 13 rings (SSSR count). The van der Waals surface area contributed by atoms with Crippen LogP contribution in [-0.2, 0) is 5.41 Å². The van der Waals surface area contributed by atoms with Gasteiger partial charge in [0.15, 0.2) is 0 Å². The SMILES string of the molecule is CC1(C)c2ccccc2-c2cc(-c3nc(-n4c5ccccc5c5ccc(-c6ccc7c8ccccc8n(-c8ccccc8)c7c6)cc54)nc4c3ccc3ccccc34)ccc21. The second-order valence-corrected chi connectivity index (χ2v) is 17.0. The van der Waals surface area contributed by atoms with E-state index in [1.165, 1.54) is 54.8 Å². The third kappa shape index (κ3) is 4.87. The van der Waals surface area contributed by atoms with E-state index in [-0.39, 0.29) is 5.41 Å². The van der Waals surface area contributed by atoms with Crippen molar-refractivity contribution in [1.82, 2.24) is 19.1 Å². The third-order valence-corrected chi connectivity index (χ3v) is 13.3. The second-order valence-electron chi connectivity index (χ2n) is 17.0. The van der Waals surface area contributed by atoms with Gasteiger partial charge in [-0.2, -0.15) is 0 Å². The lowest BCUT2D eigenvalue weighted by atomic mass is 9.82. The first-order valence-corrected chi connectivity index (χ1v) is 21.1. The number of fused-ring (bicyclic) bond motifs is 12. The van der Waals surface area contributed by atoms with Gasteiger partial charge in [-0.3, -0.25) is 4.57 Å². The summed E-state index contributed by atoms with van der Waals surface area (Å²) in [7, 11) is 0. The molecule has 0 atom stereocenters. The average molecular weight is 779 g/mol. The lowest BCUT2D eigenvalue weighted by Gasteiger charge is -2.21. The minimum absolute atomic E-state index is 0.0805. The molecule has 61 heavy (non-hydrogen) atoms. The number of nitrogens with zero attached hydrogens (tertiary/aromatic N) is 4. The zero-order valence-corrected chi connectivity index (χ0v) is 33.8. The molecule has 9 aromatic carbocycles. The molecule has 3 heterocycles. The van der Waals surface area contributed by atoms with Crippen molar-refractivity contribution in [1.29, 1.82) is 0 Å². The van der Waals surface area contributed by atoms with Crippen LogP contribution in [0.15, 0.2) is 194 Å². The molecule has 3 aromatic heterocycles. The molecule has 0 spiro atoms. The van der Waals surface area contributed by atoms with Crippen LogP contribution in [0.1, 0.15) is 25.0 Å². The molecule has 0 radical (unpaired) electrons. The van der Waals surface area contributed by atoms with Gasteiger partial charge < -0.3 is 4.57 Å². The molecule has 0 saturated heterocycles. The van der Waals surface area contributed by atoms with Crippen LogP contribution < -0.4 is 0 Å². The first-order valence-electron chi connectivity index (χ1n) is 21.1. The van der Waals surface area contributed by atoms with Crippen molar-refractivity contribution in [2.75, 3.05) is 0 Å². The number of hydrogen-bond donors (Lipinski definition) is 0. The Balaban J connectivity index is 1.06. The fourth-order valence-corrected chi connectivity index (χ4v) is 10.4. The minimum Gasteiger partial charge on any atom is -0.309 e. The molecule has 0 amide bonds. The van der Waals surface area contributed by atoms with Gasteiger partial charge in [-0.25, -0.2) is 9.97 Å². The molecule has 0 aliphatic heterocycles. The Kier molecular flexibility index (Phi) is 7.04. The van der Waals surface area contributed by atoms with Gasteiger partial charge in [0.25, 0.3) is 0 Å². The van der Waals surface area contributed by atoms with Crippen molar-refractivity contribution < 1.29 is 0 Å². The Morgan fingerprint density at radius 2 is 0.934 bits per heavy atom. The molecule has 4 heteroatoms. The Morgan fingerprint density at radius 3 is 1.69 bits per heavy atom. The summed E-state index contributed by atoms with van der Waals surface area (Å²) in [6.07, 6.45) is 0. The van der Waals surface area contributed by atoms with E-state index in [1.54, 1.807) is 0 Å². The van der Waals surface area contributed by atoms with Crippen LogP contribution in [0.25, 0.3) is 110 Å². The Morgan fingerprint density at radius 1 is 0.377 bits per heavy atom. The van der Waals surface area contributed by atoms with E-state index >= 15 is 0 Å². The zero-order chi connectivity index (χ0) is 40.4. The highest BCUT2D eigenvalue weighted by Gasteiger charge is 2.35. The molecule has 0 N–H and O–H groups in total. The topological polar surface area (TPSA) is 35.6 Å². The Bertz CT molecular complexity index is 3790. The van der Waals surface area contributed by atoms with Crippen molar-refractivity contribution in [3.8, 4) is 45.1 Å². The molecule has 286 valence electrons. The molecular weight excluding hydrogens is 741 g/mol. The highest BCUT2D eigenvalue weighted by atomic mass is 15.2. The monoisotopic (exact) mass is 778 g/mol. The minimum atomic E-state index is -0.0805. The van der Waals surface area contributed by atoms with Crippen LogP contribution in [0, 0.1) is 0 Å². The van der Waals surface area contributed by atoms with Gasteiger partial charge >= 0.3 is 0 Å². The molecular formula is C57H38N4. The van der Waals surface area contributed by atoms with Gasteiger partial charge in [0.2, 0.25) is 5.95 Å². The van der Waals surface area contributed by atoms with Crippen LogP contribution >= 0.6 is 0 Å². The number of hydrogen-bond acceptors (Lipinski definition) is 2. The van der Waals surface area contributed by atoms with Crippen molar-refractivity contribution in [2.45, 2.75) is 19.3 Å². The maximum absolute atomic E-state index is 5.60. The van der Waals surface area contributed by atoms with Crippen molar-refractivity contribution in [3.05, 3.63) is 205 Å². The fraction of sp³-hybridized carbons (Fsp3) is 0.0526. The quantitative estimate of drug-likeness (QED) is 0.167. The van der Waals surface area contributed by atoms with E-state index in [2.05, 4.69) is 217 Å². The lowest BCUT2D eigenvalue weighted by molar-refractivity contribution is 0.660. The fourth-order valence-electron chi connectivity index (χ4n) is 10.4. The van der Waals surface area contributed by atoms with E-state index in [0.29, 0.717) is 5.95 Å². The first kappa shape index (κ1) is 34.1. The summed E-state index contributed by atoms with van der Waals surface area (Å²) in [5.74, 6) is 0.656. The molecule has 0 bridgehead atoms. The van der Waals surface area contributed by atoms with Crippen molar-refractivity contribution in [3.63, 3.8) is 0 Å². The lowest BCUT2D eigenvalue weighted by Crippen LogP contribution is -2.14. The molecule has 0 saturated carbocycles. The van der Waals surface area contributed by atoms with Crippen molar-refractivity contribution in [2.24, 2.45) is 0 Å². The van der Waals surface area contributed by atoms with E-state index in [9.17, 15) is 0 Å². The summed E-state index contributed by atoms with van der Waals surface area (Å²) in [6.45, 7) is 4.67. The second kappa shape index (κ2) is 12.6. The summed E-state index contributed by atoms with van der Waals surface area (Å²) in [6, 6.07) is 70.6. The summed E-state index contributed by atoms with van der Waals surface area (Å²) >= 11 is 0. The van der Waals surface area contributed by atoms with Crippen LogP contribution in [0.3, 0.4) is 0 Å². The zero-order valence-electron chi connectivity index (χ0n) is 33.8. The largest absolute Gasteiger partial charge is 0.309 e. The van der Waals surface area contributed by atoms with Crippen LogP contribution in [0.5, 0.6) is 0 Å². The maximum atomic E-state index is 5.60. The summed E-state index contributed by atoms with van der Waals surface area (Å²) in [5.41, 5.74) is 16.1.